The molecule has 18 heavy (non-hydrogen) atoms. The van der Waals surface area contributed by atoms with Crippen LogP contribution in [0.4, 0.5) is 13.2 Å². The highest BCUT2D eigenvalue weighted by molar-refractivity contribution is 5.64. The van der Waals surface area contributed by atoms with Gasteiger partial charge in [0.15, 0.2) is 5.76 Å². The van der Waals surface area contributed by atoms with Crippen molar-refractivity contribution in [3.63, 3.8) is 0 Å². The summed E-state index contributed by atoms with van der Waals surface area (Å²) in [6.45, 7) is 1.44. The molecule has 1 heterocycles. The number of hydrogen-bond donors (Lipinski definition) is 1. The lowest BCUT2D eigenvalue weighted by atomic mass is 10.0. The maximum atomic E-state index is 12.8. The van der Waals surface area contributed by atoms with Gasteiger partial charge in [0.1, 0.15) is 11.8 Å². The van der Waals surface area contributed by atoms with Crippen LogP contribution in [-0.4, -0.2) is 10.3 Å². The van der Waals surface area contributed by atoms with E-state index in [0.29, 0.717) is 0 Å². The average Bonchev–Trinajstić information content (AvgIpc) is 2.77. The van der Waals surface area contributed by atoms with Crippen LogP contribution in [0.15, 0.2) is 34.9 Å². The van der Waals surface area contributed by atoms with Crippen molar-refractivity contribution in [1.82, 2.24) is 5.16 Å². The number of halogens is 3. The quantitative estimate of drug-likeness (QED) is 0.896. The van der Waals surface area contributed by atoms with Gasteiger partial charge in [-0.1, -0.05) is 23.4 Å². The van der Waals surface area contributed by atoms with Crippen molar-refractivity contribution >= 4 is 0 Å². The normalized spacial score (nSPS) is 13.6. The molecule has 0 aliphatic carbocycles. The number of rotatable bonds is 2. The smallest absolute Gasteiger partial charge is 0.385 e. The van der Waals surface area contributed by atoms with Crippen molar-refractivity contribution in [2.75, 3.05) is 0 Å². The molecule has 2 rings (SSSR count). The zero-order chi connectivity index (χ0) is 13.3. The standard InChI is InChI=1S/C12H10F3NO2/c1-7(17)11-6-10(16-18-11)8-4-2-3-5-9(8)12(13,14)15/h2-7,17H,1H3. The van der Waals surface area contributed by atoms with E-state index in [2.05, 4.69) is 5.16 Å². The maximum absolute atomic E-state index is 12.8. The van der Waals surface area contributed by atoms with Gasteiger partial charge in [-0.3, -0.25) is 0 Å². The molecule has 0 aliphatic heterocycles. The van der Waals surface area contributed by atoms with Crippen molar-refractivity contribution in [2.45, 2.75) is 19.2 Å². The lowest BCUT2D eigenvalue weighted by molar-refractivity contribution is -0.137. The summed E-state index contributed by atoms with van der Waals surface area (Å²) >= 11 is 0. The van der Waals surface area contributed by atoms with Crippen LogP contribution in [0.5, 0.6) is 0 Å². The van der Waals surface area contributed by atoms with Crippen molar-refractivity contribution < 1.29 is 22.8 Å². The van der Waals surface area contributed by atoms with Crippen molar-refractivity contribution in [3.8, 4) is 11.3 Å². The molecule has 1 aromatic heterocycles. The molecule has 0 amide bonds. The molecule has 0 saturated heterocycles. The van der Waals surface area contributed by atoms with Gasteiger partial charge in [-0.15, -0.1) is 0 Å². The third kappa shape index (κ3) is 2.38. The van der Waals surface area contributed by atoms with Gasteiger partial charge < -0.3 is 9.63 Å². The summed E-state index contributed by atoms with van der Waals surface area (Å²) in [5.74, 6) is 0.127. The molecule has 0 fully saturated rings. The topological polar surface area (TPSA) is 46.3 Å². The molecular formula is C12H10F3NO2. The highest BCUT2D eigenvalue weighted by Gasteiger charge is 2.34. The van der Waals surface area contributed by atoms with Crippen LogP contribution in [0.1, 0.15) is 24.4 Å². The average molecular weight is 257 g/mol. The summed E-state index contributed by atoms with van der Waals surface area (Å²) in [7, 11) is 0. The van der Waals surface area contributed by atoms with Gasteiger partial charge in [-0.25, -0.2) is 0 Å². The molecule has 1 N–H and O–H groups in total. The second-order valence-corrected chi connectivity index (χ2v) is 3.83. The second-order valence-electron chi connectivity index (χ2n) is 3.83. The first-order valence-electron chi connectivity index (χ1n) is 5.21. The minimum absolute atomic E-state index is 0.0545. The fraction of sp³-hybridized carbons (Fsp3) is 0.250. The van der Waals surface area contributed by atoms with E-state index in [-0.39, 0.29) is 17.0 Å². The van der Waals surface area contributed by atoms with Gasteiger partial charge in [0.05, 0.1) is 5.56 Å². The Morgan fingerprint density at radius 2 is 1.94 bits per heavy atom. The minimum atomic E-state index is -4.46. The van der Waals surface area contributed by atoms with Crippen molar-refractivity contribution in [3.05, 3.63) is 41.7 Å². The van der Waals surface area contributed by atoms with Crippen molar-refractivity contribution in [2.24, 2.45) is 0 Å². The van der Waals surface area contributed by atoms with E-state index < -0.39 is 17.8 Å². The minimum Gasteiger partial charge on any atom is -0.385 e. The highest BCUT2D eigenvalue weighted by Crippen LogP contribution is 2.36. The summed E-state index contributed by atoms with van der Waals surface area (Å²) in [6, 6.07) is 6.39. The summed E-state index contributed by atoms with van der Waals surface area (Å²) in [6.07, 6.45) is -5.37. The zero-order valence-corrected chi connectivity index (χ0v) is 9.40. The third-order valence-corrected chi connectivity index (χ3v) is 2.45. The molecule has 0 bridgehead atoms. The van der Waals surface area contributed by atoms with Crippen LogP contribution >= 0.6 is 0 Å². The van der Waals surface area contributed by atoms with Gasteiger partial charge in [0.2, 0.25) is 0 Å². The lowest BCUT2D eigenvalue weighted by Gasteiger charge is -2.10. The Labute approximate surface area is 101 Å². The molecule has 96 valence electrons. The summed E-state index contributed by atoms with van der Waals surface area (Å²) < 4.78 is 43.2. The highest BCUT2D eigenvalue weighted by atomic mass is 19.4. The number of nitrogens with zero attached hydrogens (tertiary/aromatic N) is 1. The van der Waals surface area contributed by atoms with Crippen LogP contribution in [0.3, 0.4) is 0 Å². The van der Waals surface area contributed by atoms with Crippen molar-refractivity contribution in [1.29, 1.82) is 0 Å². The van der Waals surface area contributed by atoms with Gasteiger partial charge in [0, 0.05) is 11.6 Å². The van der Waals surface area contributed by atoms with Crippen LogP contribution in [-0.2, 0) is 6.18 Å². The molecular weight excluding hydrogens is 247 g/mol. The van der Waals surface area contributed by atoms with Crippen LogP contribution in [0.2, 0.25) is 0 Å². The van der Waals surface area contributed by atoms with E-state index >= 15 is 0 Å². The van der Waals surface area contributed by atoms with Gasteiger partial charge in [-0.05, 0) is 13.0 Å². The third-order valence-electron chi connectivity index (χ3n) is 2.45. The molecule has 0 saturated carbocycles. The first-order valence-corrected chi connectivity index (χ1v) is 5.21. The number of hydrogen-bond acceptors (Lipinski definition) is 3. The summed E-state index contributed by atoms with van der Waals surface area (Å²) in [4.78, 5) is 0. The Kier molecular flexibility index (Phi) is 3.13. The number of aliphatic hydroxyl groups is 1. The lowest BCUT2D eigenvalue weighted by Crippen LogP contribution is -2.06. The predicted octanol–water partition coefficient (Wildman–Crippen LogP) is 3.41. The monoisotopic (exact) mass is 257 g/mol. The van der Waals surface area contributed by atoms with Gasteiger partial charge >= 0.3 is 6.18 Å². The molecule has 1 unspecified atom stereocenters. The van der Waals surface area contributed by atoms with E-state index in [1.165, 1.54) is 31.2 Å². The van der Waals surface area contributed by atoms with Crippen LogP contribution < -0.4 is 0 Å². The maximum Gasteiger partial charge on any atom is 0.417 e. The fourth-order valence-corrected chi connectivity index (χ4v) is 1.57. The largest absolute Gasteiger partial charge is 0.417 e. The molecule has 1 atom stereocenters. The number of benzene rings is 1. The second kappa shape index (κ2) is 4.45. The molecule has 0 spiro atoms. The van der Waals surface area contributed by atoms with Gasteiger partial charge in [-0.2, -0.15) is 13.2 Å². The van der Waals surface area contributed by atoms with Gasteiger partial charge in [0.25, 0.3) is 0 Å². The Morgan fingerprint density at radius 3 is 2.50 bits per heavy atom. The Bertz CT molecular complexity index is 546. The molecule has 2 aromatic rings. The molecule has 0 aliphatic rings. The zero-order valence-electron chi connectivity index (χ0n) is 9.40. The van der Waals surface area contributed by atoms with E-state index in [1.54, 1.807) is 0 Å². The first kappa shape index (κ1) is 12.6. The SMILES string of the molecule is CC(O)c1cc(-c2ccccc2C(F)(F)F)no1. The Hall–Kier alpha value is -1.82. The first-order chi connectivity index (χ1) is 8.39. The molecule has 6 heteroatoms. The summed E-state index contributed by atoms with van der Waals surface area (Å²) in [5.41, 5.74) is -0.796. The Balaban J connectivity index is 2.50. The number of aliphatic hydroxyl groups excluding tert-OH is 1. The van der Waals surface area contributed by atoms with E-state index in [1.807, 2.05) is 0 Å². The summed E-state index contributed by atoms with van der Waals surface area (Å²) in [5, 5.41) is 12.8. The van der Waals surface area contributed by atoms with E-state index in [9.17, 15) is 18.3 Å². The fourth-order valence-electron chi connectivity index (χ4n) is 1.57. The van der Waals surface area contributed by atoms with E-state index in [0.717, 1.165) is 6.07 Å². The molecule has 0 radical (unpaired) electrons. The number of alkyl halides is 3. The van der Waals surface area contributed by atoms with Crippen LogP contribution in [0, 0.1) is 0 Å². The Morgan fingerprint density at radius 1 is 1.28 bits per heavy atom. The van der Waals surface area contributed by atoms with Crippen LogP contribution in [0.25, 0.3) is 11.3 Å². The molecule has 3 nitrogen and oxygen atoms in total. The number of aromatic nitrogens is 1. The molecule has 1 aromatic carbocycles. The predicted molar refractivity (Wildman–Crippen MR) is 57.6 cm³/mol. The van der Waals surface area contributed by atoms with E-state index in [4.69, 9.17) is 4.52 Å².